The second-order valence-electron chi connectivity index (χ2n) is 5.54. The fourth-order valence-corrected chi connectivity index (χ4v) is 2.22. The highest BCUT2D eigenvalue weighted by Gasteiger charge is 2.03. The van der Waals surface area contributed by atoms with Gasteiger partial charge < -0.3 is 15.8 Å². The summed E-state index contributed by atoms with van der Waals surface area (Å²) in [5.41, 5.74) is 7.54. The average Bonchev–Trinajstić information content (AvgIpc) is 3.09. The zero-order chi connectivity index (χ0) is 17.2. The van der Waals surface area contributed by atoms with Gasteiger partial charge in [-0.15, -0.1) is 29.1 Å². The van der Waals surface area contributed by atoms with Crippen molar-refractivity contribution in [3.8, 4) is 11.4 Å². The maximum absolute atomic E-state index is 5.86. The Morgan fingerprint density at radius 1 is 1.24 bits per heavy atom. The second kappa shape index (κ2) is 11.7. The van der Waals surface area contributed by atoms with Gasteiger partial charge in [-0.3, -0.25) is 0 Å². The molecular formula is C17H27IN6O. The fraction of sp³-hybridized carbons (Fsp3) is 0.471. The predicted octanol–water partition coefficient (Wildman–Crippen LogP) is 2.88. The number of unbranched alkanes of at least 4 members (excludes halogenated alkanes) is 3. The summed E-state index contributed by atoms with van der Waals surface area (Å²) in [7, 11) is 1.64. The number of nitrogens with zero attached hydrogens (tertiary/aromatic N) is 4. The van der Waals surface area contributed by atoms with Crippen LogP contribution in [0.4, 0.5) is 0 Å². The van der Waals surface area contributed by atoms with Crippen LogP contribution in [0.1, 0.15) is 38.3 Å². The minimum Gasteiger partial charge on any atom is -0.497 e. The highest BCUT2D eigenvalue weighted by atomic mass is 127. The van der Waals surface area contributed by atoms with E-state index in [1.807, 2.05) is 30.5 Å². The first kappa shape index (κ1) is 21.2. The van der Waals surface area contributed by atoms with Crippen molar-refractivity contribution in [2.24, 2.45) is 10.7 Å². The van der Waals surface area contributed by atoms with E-state index in [2.05, 4.69) is 27.5 Å². The number of aliphatic imine (C=N–C) groups is 1. The van der Waals surface area contributed by atoms with Crippen LogP contribution < -0.4 is 15.8 Å². The van der Waals surface area contributed by atoms with Crippen LogP contribution in [-0.4, -0.2) is 34.6 Å². The van der Waals surface area contributed by atoms with Gasteiger partial charge in [0, 0.05) is 6.54 Å². The molecule has 0 aliphatic rings. The number of aromatic nitrogens is 3. The standard InChI is InChI=1S/C17H26N6O.HI/c1-3-4-5-6-11-19-17(18)20-12-14-13-23(22-21-14)15-7-9-16(24-2)10-8-15;/h7-10,13H,3-6,11-12H2,1-2H3,(H3,18,19,20);1H. The largest absolute Gasteiger partial charge is 0.497 e. The Balaban J connectivity index is 0.00000312. The molecule has 0 saturated carbocycles. The monoisotopic (exact) mass is 458 g/mol. The van der Waals surface area contributed by atoms with Gasteiger partial charge in [0.2, 0.25) is 0 Å². The van der Waals surface area contributed by atoms with Gasteiger partial charge in [-0.05, 0) is 30.7 Å². The van der Waals surface area contributed by atoms with Crippen molar-refractivity contribution in [1.82, 2.24) is 20.3 Å². The Hall–Kier alpha value is -1.84. The van der Waals surface area contributed by atoms with E-state index in [-0.39, 0.29) is 24.0 Å². The first-order valence-electron chi connectivity index (χ1n) is 8.32. The molecule has 1 heterocycles. The van der Waals surface area contributed by atoms with E-state index in [9.17, 15) is 0 Å². The molecule has 3 N–H and O–H groups in total. The Morgan fingerprint density at radius 2 is 2.00 bits per heavy atom. The van der Waals surface area contributed by atoms with Crippen LogP contribution in [0.25, 0.3) is 5.69 Å². The minimum absolute atomic E-state index is 0. The summed E-state index contributed by atoms with van der Waals surface area (Å²) in [4.78, 5) is 4.29. The topological polar surface area (TPSA) is 90.3 Å². The van der Waals surface area contributed by atoms with Gasteiger partial charge in [0.25, 0.3) is 0 Å². The average molecular weight is 458 g/mol. The summed E-state index contributed by atoms with van der Waals surface area (Å²) in [5.74, 6) is 1.26. The van der Waals surface area contributed by atoms with Crippen LogP contribution in [0.15, 0.2) is 35.5 Å². The molecule has 0 amide bonds. The molecule has 1 aromatic carbocycles. The molecule has 2 rings (SSSR count). The van der Waals surface area contributed by atoms with Crippen LogP contribution >= 0.6 is 24.0 Å². The summed E-state index contributed by atoms with van der Waals surface area (Å²) >= 11 is 0. The third-order valence-electron chi connectivity index (χ3n) is 3.63. The summed E-state index contributed by atoms with van der Waals surface area (Å²) in [6.07, 6.45) is 6.66. The summed E-state index contributed by atoms with van der Waals surface area (Å²) in [6, 6.07) is 7.62. The molecule has 0 unspecified atom stereocenters. The number of guanidine groups is 1. The molecule has 0 fully saturated rings. The van der Waals surface area contributed by atoms with E-state index in [0.29, 0.717) is 12.5 Å². The zero-order valence-electron chi connectivity index (χ0n) is 14.8. The normalized spacial score (nSPS) is 11.0. The molecule has 0 saturated heterocycles. The van der Waals surface area contributed by atoms with Crippen molar-refractivity contribution in [2.75, 3.05) is 13.7 Å². The molecule has 8 heteroatoms. The second-order valence-corrected chi connectivity index (χ2v) is 5.54. The van der Waals surface area contributed by atoms with Crippen LogP contribution in [0.3, 0.4) is 0 Å². The third-order valence-corrected chi connectivity index (χ3v) is 3.63. The lowest BCUT2D eigenvalue weighted by Crippen LogP contribution is -2.32. The number of rotatable bonds is 9. The highest BCUT2D eigenvalue weighted by Crippen LogP contribution is 2.14. The van der Waals surface area contributed by atoms with Gasteiger partial charge in [0.05, 0.1) is 25.5 Å². The van der Waals surface area contributed by atoms with Crippen LogP contribution in [0.5, 0.6) is 5.75 Å². The number of nitrogens with one attached hydrogen (secondary N) is 1. The molecule has 0 spiro atoms. The smallest absolute Gasteiger partial charge is 0.188 e. The van der Waals surface area contributed by atoms with E-state index >= 15 is 0 Å². The highest BCUT2D eigenvalue weighted by molar-refractivity contribution is 14.0. The number of ether oxygens (including phenoxy) is 1. The molecule has 0 radical (unpaired) electrons. The van der Waals surface area contributed by atoms with E-state index in [0.717, 1.165) is 30.1 Å². The molecule has 0 aliphatic heterocycles. The predicted molar refractivity (Wildman–Crippen MR) is 111 cm³/mol. The molecule has 1 aromatic heterocycles. The van der Waals surface area contributed by atoms with Crippen molar-refractivity contribution >= 4 is 29.9 Å². The van der Waals surface area contributed by atoms with Crippen molar-refractivity contribution in [1.29, 1.82) is 0 Å². The number of hydrogen-bond donors (Lipinski definition) is 2. The van der Waals surface area contributed by atoms with Gasteiger partial charge in [-0.2, -0.15) is 0 Å². The Bertz CT molecular complexity index is 641. The van der Waals surface area contributed by atoms with Gasteiger partial charge in [0.15, 0.2) is 5.96 Å². The van der Waals surface area contributed by atoms with Crippen molar-refractivity contribution in [3.05, 3.63) is 36.2 Å². The number of hydrogen-bond acceptors (Lipinski definition) is 4. The van der Waals surface area contributed by atoms with Crippen LogP contribution in [-0.2, 0) is 6.54 Å². The maximum atomic E-state index is 5.86. The number of methoxy groups -OCH3 is 1. The lowest BCUT2D eigenvalue weighted by atomic mass is 10.2. The fourth-order valence-electron chi connectivity index (χ4n) is 2.22. The maximum Gasteiger partial charge on any atom is 0.188 e. The lowest BCUT2D eigenvalue weighted by molar-refractivity contribution is 0.414. The van der Waals surface area contributed by atoms with Gasteiger partial charge >= 0.3 is 0 Å². The van der Waals surface area contributed by atoms with Crippen molar-refractivity contribution in [2.45, 2.75) is 39.2 Å². The molecule has 25 heavy (non-hydrogen) atoms. The quantitative estimate of drug-likeness (QED) is 0.261. The third kappa shape index (κ3) is 7.29. The SMILES string of the molecule is CCCCCCNC(N)=NCc1cn(-c2ccc(OC)cc2)nn1.I. The van der Waals surface area contributed by atoms with E-state index in [1.165, 1.54) is 19.3 Å². The van der Waals surface area contributed by atoms with Gasteiger partial charge in [-0.1, -0.05) is 31.4 Å². The Morgan fingerprint density at radius 3 is 2.68 bits per heavy atom. The minimum atomic E-state index is 0. The first-order valence-corrected chi connectivity index (χ1v) is 8.32. The molecule has 2 aromatic rings. The first-order chi connectivity index (χ1) is 11.7. The van der Waals surface area contributed by atoms with Gasteiger partial charge in [0.1, 0.15) is 11.4 Å². The van der Waals surface area contributed by atoms with E-state index < -0.39 is 0 Å². The molecule has 0 aliphatic carbocycles. The molecule has 138 valence electrons. The van der Waals surface area contributed by atoms with Crippen LogP contribution in [0.2, 0.25) is 0 Å². The summed E-state index contributed by atoms with van der Waals surface area (Å²) < 4.78 is 6.85. The molecule has 0 bridgehead atoms. The summed E-state index contributed by atoms with van der Waals surface area (Å²) in [5, 5.41) is 11.4. The number of halogens is 1. The van der Waals surface area contributed by atoms with Gasteiger partial charge in [-0.25, -0.2) is 9.67 Å². The lowest BCUT2D eigenvalue weighted by Gasteiger charge is -2.04. The van der Waals surface area contributed by atoms with E-state index in [1.54, 1.807) is 11.8 Å². The number of nitrogens with two attached hydrogens (primary N) is 1. The van der Waals surface area contributed by atoms with Crippen molar-refractivity contribution in [3.63, 3.8) is 0 Å². The van der Waals surface area contributed by atoms with Crippen molar-refractivity contribution < 1.29 is 4.74 Å². The molecule has 0 atom stereocenters. The molecular weight excluding hydrogens is 431 g/mol. The summed E-state index contributed by atoms with van der Waals surface area (Å²) in [6.45, 7) is 3.46. The Labute approximate surface area is 166 Å². The van der Waals surface area contributed by atoms with Crippen LogP contribution in [0, 0.1) is 0 Å². The Kier molecular flexibility index (Phi) is 9.90. The number of benzene rings is 1. The van der Waals surface area contributed by atoms with E-state index in [4.69, 9.17) is 10.5 Å². The molecule has 7 nitrogen and oxygen atoms in total. The zero-order valence-corrected chi connectivity index (χ0v) is 17.1.